The van der Waals surface area contributed by atoms with Crippen LogP contribution in [-0.2, 0) is 9.47 Å². The number of amides is 1. The summed E-state index contributed by atoms with van der Waals surface area (Å²) < 4.78 is 19.0. The van der Waals surface area contributed by atoms with Gasteiger partial charge in [-0.15, -0.1) is 5.10 Å². The first-order valence-electron chi connectivity index (χ1n) is 10.8. The summed E-state index contributed by atoms with van der Waals surface area (Å²) in [6.07, 6.45) is -0.528. The van der Waals surface area contributed by atoms with Crippen LogP contribution in [0.5, 0.6) is 5.75 Å². The maximum absolute atomic E-state index is 12.7. The largest absolute Gasteiger partial charge is 0.497 e. The average Bonchev–Trinajstić information content (AvgIpc) is 3.56. The molecule has 2 aromatic carbocycles. The minimum atomic E-state index is -0.273. The normalized spacial score (nSPS) is 23.8. The number of aromatic nitrogens is 4. The Morgan fingerprint density at radius 1 is 1.06 bits per heavy atom. The van der Waals surface area contributed by atoms with E-state index in [0.29, 0.717) is 30.4 Å². The Morgan fingerprint density at radius 3 is 2.48 bits per heavy atom. The van der Waals surface area contributed by atoms with E-state index in [0.717, 1.165) is 11.3 Å². The molecule has 5 rings (SSSR count). The molecular weight excluding hydrogens is 424 g/mol. The fourth-order valence-corrected chi connectivity index (χ4v) is 4.32. The second-order valence-corrected chi connectivity index (χ2v) is 8.36. The molecule has 0 saturated carbocycles. The van der Waals surface area contributed by atoms with E-state index in [2.05, 4.69) is 20.8 Å². The quantitative estimate of drug-likeness (QED) is 0.603. The SMILES string of the molecule is COc1ccc(C(=O)N[C@H]2CO[C@H]3[C@H]2OC[C@H]3n2nnnc2-c2ccc(N(C)C)cc2)cc1. The predicted octanol–water partition coefficient (Wildman–Crippen LogP) is 1.55. The summed E-state index contributed by atoms with van der Waals surface area (Å²) in [5.41, 5.74) is 2.56. The minimum absolute atomic E-state index is 0.178. The van der Waals surface area contributed by atoms with Gasteiger partial charge in [-0.2, -0.15) is 0 Å². The molecule has 172 valence electrons. The number of benzene rings is 2. The molecule has 0 unspecified atom stereocenters. The van der Waals surface area contributed by atoms with Crippen molar-refractivity contribution in [3.8, 4) is 17.1 Å². The number of anilines is 1. The number of rotatable bonds is 6. The van der Waals surface area contributed by atoms with E-state index in [1.807, 2.05) is 43.3 Å². The molecule has 4 atom stereocenters. The number of ether oxygens (including phenoxy) is 3. The maximum Gasteiger partial charge on any atom is 0.251 e. The van der Waals surface area contributed by atoms with Crippen molar-refractivity contribution in [1.82, 2.24) is 25.5 Å². The van der Waals surface area contributed by atoms with E-state index < -0.39 is 0 Å². The highest BCUT2D eigenvalue weighted by atomic mass is 16.6. The summed E-state index contributed by atoms with van der Waals surface area (Å²) in [5, 5.41) is 15.4. The van der Waals surface area contributed by atoms with Crippen LogP contribution < -0.4 is 15.0 Å². The van der Waals surface area contributed by atoms with Crippen molar-refractivity contribution in [2.75, 3.05) is 39.3 Å². The summed E-state index contributed by atoms with van der Waals surface area (Å²) >= 11 is 0. The van der Waals surface area contributed by atoms with Gasteiger partial charge in [0.1, 0.15) is 24.0 Å². The van der Waals surface area contributed by atoms with Gasteiger partial charge in [0.05, 0.1) is 26.4 Å². The molecule has 0 aliphatic carbocycles. The van der Waals surface area contributed by atoms with Crippen LogP contribution in [0.25, 0.3) is 11.4 Å². The summed E-state index contributed by atoms with van der Waals surface area (Å²) in [6, 6.07) is 14.6. The number of hydrogen-bond acceptors (Lipinski definition) is 8. The van der Waals surface area contributed by atoms with Crippen LogP contribution in [0, 0.1) is 0 Å². The Labute approximate surface area is 191 Å². The van der Waals surface area contributed by atoms with E-state index in [9.17, 15) is 4.79 Å². The third-order valence-corrected chi connectivity index (χ3v) is 6.14. The molecule has 1 amide bonds. The number of nitrogens with one attached hydrogen (secondary N) is 1. The Kier molecular flexibility index (Phi) is 5.69. The first-order chi connectivity index (χ1) is 16.0. The van der Waals surface area contributed by atoms with Gasteiger partial charge in [-0.25, -0.2) is 4.68 Å². The maximum atomic E-state index is 12.7. The molecule has 2 aliphatic rings. The number of methoxy groups -OCH3 is 1. The topological polar surface area (TPSA) is 104 Å². The zero-order valence-electron chi connectivity index (χ0n) is 18.7. The van der Waals surface area contributed by atoms with Crippen molar-refractivity contribution in [3.05, 3.63) is 54.1 Å². The van der Waals surface area contributed by atoms with Crippen molar-refractivity contribution in [2.45, 2.75) is 24.3 Å². The molecule has 10 nitrogen and oxygen atoms in total. The third-order valence-electron chi connectivity index (χ3n) is 6.14. The van der Waals surface area contributed by atoms with Gasteiger partial charge < -0.3 is 24.4 Å². The van der Waals surface area contributed by atoms with Crippen molar-refractivity contribution in [2.24, 2.45) is 0 Å². The Morgan fingerprint density at radius 2 is 1.79 bits per heavy atom. The molecule has 0 bridgehead atoms. The second-order valence-electron chi connectivity index (χ2n) is 8.36. The first kappa shape index (κ1) is 21.4. The molecule has 1 N–H and O–H groups in total. The molecule has 0 spiro atoms. The molecule has 2 fully saturated rings. The molecule has 0 radical (unpaired) electrons. The highest BCUT2D eigenvalue weighted by molar-refractivity contribution is 5.94. The van der Waals surface area contributed by atoms with Crippen LogP contribution in [0.4, 0.5) is 5.69 Å². The van der Waals surface area contributed by atoms with E-state index in [1.54, 1.807) is 36.1 Å². The zero-order valence-corrected chi connectivity index (χ0v) is 18.7. The lowest BCUT2D eigenvalue weighted by Gasteiger charge is -2.18. The molecule has 10 heteroatoms. The Bertz CT molecular complexity index is 1110. The number of hydrogen-bond donors (Lipinski definition) is 1. The number of carbonyl (C=O) groups excluding carboxylic acids is 1. The van der Waals surface area contributed by atoms with Crippen LogP contribution >= 0.6 is 0 Å². The summed E-state index contributed by atoms with van der Waals surface area (Å²) in [6.45, 7) is 0.765. The van der Waals surface area contributed by atoms with Gasteiger partial charge in [-0.3, -0.25) is 4.79 Å². The standard InChI is InChI=1S/C23H26N6O4/c1-28(2)16-8-4-14(5-9-16)22-25-26-27-29(22)19-13-33-20-18(12-32-21(19)20)24-23(30)15-6-10-17(31-3)11-7-15/h4-11,18-21H,12-13H2,1-3H3,(H,24,30)/t18-,19+,20-,21+/m0/s1. The Hall–Kier alpha value is -3.50. The lowest BCUT2D eigenvalue weighted by atomic mass is 10.1. The molecule has 2 saturated heterocycles. The number of tetrazole rings is 1. The van der Waals surface area contributed by atoms with Gasteiger partial charge in [0.15, 0.2) is 5.82 Å². The van der Waals surface area contributed by atoms with Gasteiger partial charge in [0.2, 0.25) is 0 Å². The fraction of sp³-hybridized carbons (Fsp3) is 0.391. The van der Waals surface area contributed by atoms with Crippen LogP contribution in [-0.4, -0.2) is 78.8 Å². The van der Waals surface area contributed by atoms with Crippen molar-refractivity contribution >= 4 is 11.6 Å². The summed E-state index contributed by atoms with van der Waals surface area (Å²) in [5.74, 6) is 1.18. The first-order valence-corrected chi connectivity index (χ1v) is 10.8. The monoisotopic (exact) mass is 450 g/mol. The highest BCUT2D eigenvalue weighted by Crippen LogP contribution is 2.36. The van der Waals surface area contributed by atoms with Crippen LogP contribution in [0.3, 0.4) is 0 Å². The van der Waals surface area contributed by atoms with Gasteiger partial charge >= 0.3 is 0 Å². The van der Waals surface area contributed by atoms with Crippen LogP contribution in [0.15, 0.2) is 48.5 Å². The number of nitrogens with zero attached hydrogens (tertiary/aromatic N) is 5. The van der Waals surface area contributed by atoms with Gasteiger partial charge in [0.25, 0.3) is 5.91 Å². The molecule has 3 heterocycles. The molecular formula is C23H26N6O4. The van der Waals surface area contributed by atoms with Gasteiger partial charge in [0, 0.05) is 30.9 Å². The molecule has 33 heavy (non-hydrogen) atoms. The third kappa shape index (κ3) is 4.03. The number of fused-ring (bicyclic) bond motifs is 1. The van der Waals surface area contributed by atoms with Crippen LogP contribution in [0.1, 0.15) is 16.4 Å². The predicted molar refractivity (Wildman–Crippen MR) is 120 cm³/mol. The minimum Gasteiger partial charge on any atom is -0.497 e. The number of carbonyl (C=O) groups is 1. The average molecular weight is 450 g/mol. The Balaban J connectivity index is 1.29. The second kappa shape index (κ2) is 8.80. The van der Waals surface area contributed by atoms with Crippen LogP contribution in [0.2, 0.25) is 0 Å². The van der Waals surface area contributed by atoms with Crippen molar-refractivity contribution in [3.63, 3.8) is 0 Å². The van der Waals surface area contributed by atoms with E-state index in [1.165, 1.54) is 0 Å². The smallest absolute Gasteiger partial charge is 0.251 e. The van der Waals surface area contributed by atoms with Crippen molar-refractivity contribution < 1.29 is 19.0 Å². The zero-order chi connectivity index (χ0) is 22.9. The van der Waals surface area contributed by atoms with Gasteiger partial charge in [-0.05, 0) is 59.0 Å². The van der Waals surface area contributed by atoms with E-state index >= 15 is 0 Å². The van der Waals surface area contributed by atoms with E-state index in [4.69, 9.17) is 14.2 Å². The summed E-state index contributed by atoms with van der Waals surface area (Å²) in [4.78, 5) is 14.7. The van der Waals surface area contributed by atoms with E-state index in [-0.39, 0.29) is 30.2 Å². The fourth-order valence-electron chi connectivity index (χ4n) is 4.32. The molecule has 3 aromatic rings. The summed E-state index contributed by atoms with van der Waals surface area (Å²) in [7, 11) is 5.58. The lowest BCUT2D eigenvalue weighted by Crippen LogP contribution is -2.44. The van der Waals surface area contributed by atoms with Crippen molar-refractivity contribution in [1.29, 1.82) is 0 Å². The lowest BCUT2D eigenvalue weighted by molar-refractivity contribution is 0.0615. The van der Waals surface area contributed by atoms with Gasteiger partial charge in [-0.1, -0.05) is 0 Å². The molecule has 1 aromatic heterocycles. The molecule has 2 aliphatic heterocycles. The highest BCUT2D eigenvalue weighted by Gasteiger charge is 2.50.